The Labute approximate surface area is 90.6 Å². The number of nitrogens with zero attached hydrogens (tertiary/aromatic N) is 1. The van der Waals surface area contributed by atoms with Crippen molar-refractivity contribution in [1.29, 1.82) is 0 Å². The highest BCUT2D eigenvalue weighted by atomic mass is 19.1. The van der Waals surface area contributed by atoms with Gasteiger partial charge in [-0.05, 0) is 24.3 Å². The lowest BCUT2D eigenvalue weighted by Crippen LogP contribution is -1.94. The Morgan fingerprint density at radius 2 is 1.94 bits per heavy atom. The van der Waals surface area contributed by atoms with E-state index in [0.717, 1.165) is 0 Å². The van der Waals surface area contributed by atoms with Crippen molar-refractivity contribution in [2.24, 2.45) is 0 Å². The topological polar surface area (TPSA) is 30.0 Å². The molecule has 2 nitrogen and oxygen atoms in total. The first-order chi connectivity index (χ1) is 7.70. The summed E-state index contributed by atoms with van der Waals surface area (Å²) in [7, 11) is 0. The van der Waals surface area contributed by atoms with Crippen molar-refractivity contribution in [3.8, 4) is 11.3 Å². The number of rotatable bonds is 2. The van der Waals surface area contributed by atoms with Gasteiger partial charge in [-0.3, -0.25) is 4.79 Å². The smallest absolute Gasteiger partial charge is 0.224 e. The first-order valence-electron chi connectivity index (χ1n) is 4.58. The van der Waals surface area contributed by atoms with E-state index >= 15 is 0 Å². The van der Waals surface area contributed by atoms with Crippen LogP contribution in [0.4, 0.5) is 8.78 Å². The Hall–Kier alpha value is -2.10. The van der Waals surface area contributed by atoms with Gasteiger partial charge in [-0.25, -0.2) is 9.37 Å². The van der Waals surface area contributed by atoms with Gasteiger partial charge in [-0.2, -0.15) is 4.39 Å². The summed E-state index contributed by atoms with van der Waals surface area (Å²) >= 11 is 0. The number of halogens is 2. The lowest BCUT2D eigenvalue weighted by molar-refractivity contribution is 0.111. The third-order valence-electron chi connectivity index (χ3n) is 2.12. The van der Waals surface area contributed by atoms with Crippen LogP contribution < -0.4 is 0 Å². The fraction of sp³-hybridized carbons (Fsp3) is 0. The number of hydrogen-bond donors (Lipinski definition) is 0. The molecule has 0 saturated heterocycles. The molecule has 0 radical (unpaired) electrons. The van der Waals surface area contributed by atoms with E-state index in [1.54, 1.807) is 6.07 Å². The van der Waals surface area contributed by atoms with Crippen LogP contribution in [0.2, 0.25) is 0 Å². The standard InChI is InChI=1S/C12H7F2NO/c13-10-3-1-2-8(6-10)11-5-4-9(7-16)12(14)15-11/h1-7H. The largest absolute Gasteiger partial charge is 0.298 e. The van der Waals surface area contributed by atoms with Crippen molar-refractivity contribution in [1.82, 2.24) is 4.98 Å². The van der Waals surface area contributed by atoms with Gasteiger partial charge in [0, 0.05) is 5.56 Å². The fourth-order valence-corrected chi connectivity index (χ4v) is 1.34. The summed E-state index contributed by atoms with van der Waals surface area (Å²) in [4.78, 5) is 14.0. The normalized spacial score (nSPS) is 10.1. The Morgan fingerprint density at radius 1 is 1.12 bits per heavy atom. The minimum absolute atomic E-state index is 0.111. The number of pyridine rings is 1. The van der Waals surface area contributed by atoms with E-state index in [9.17, 15) is 13.6 Å². The molecule has 0 unspecified atom stereocenters. The minimum Gasteiger partial charge on any atom is -0.298 e. The van der Waals surface area contributed by atoms with E-state index in [1.165, 1.54) is 30.3 Å². The fourth-order valence-electron chi connectivity index (χ4n) is 1.34. The van der Waals surface area contributed by atoms with E-state index in [4.69, 9.17) is 0 Å². The van der Waals surface area contributed by atoms with Crippen LogP contribution in [-0.2, 0) is 0 Å². The highest BCUT2D eigenvalue weighted by Gasteiger charge is 2.06. The van der Waals surface area contributed by atoms with E-state index < -0.39 is 11.8 Å². The van der Waals surface area contributed by atoms with Gasteiger partial charge in [-0.15, -0.1) is 0 Å². The molecule has 0 aliphatic rings. The SMILES string of the molecule is O=Cc1ccc(-c2cccc(F)c2)nc1F. The molecule has 1 aromatic heterocycles. The zero-order valence-electron chi connectivity index (χ0n) is 8.15. The highest BCUT2D eigenvalue weighted by molar-refractivity contribution is 5.75. The van der Waals surface area contributed by atoms with Gasteiger partial charge in [0.25, 0.3) is 0 Å². The van der Waals surface area contributed by atoms with Crippen molar-refractivity contribution < 1.29 is 13.6 Å². The maximum absolute atomic E-state index is 13.2. The van der Waals surface area contributed by atoms with Crippen LogP contribution >= 0.6 is 0 Å². The van der Waals surface area contributed by atoms with E-state index in [0.29, 0.717) is 17.5 Å². The van der Waals surface area contributed by atoms with Crippen molar-refractivity contribution in [2.45, 2.75) is 0 Å². The molecule has 0 atom stereocenters. The summed E-state index contributed by atoms with van der Waals surface area (Å²) in [5.74, 6) is -1.27. The Kier molecular flexibility index (Phi) is 2.72. The first kappa shape index (κ1) is 10.4. The van der Waals surface area contributed by atoms with Gasteiger partial charge >= 0.3 is 0 Å². The van der Waals surface area contributed by atoms with Crippen molar-refractivity contribution >= 4 is 6.29 Å². The predicted octanol–water partition coefficient (Wildman–Crippen LogP) is 2.84. The van der Waals surface area contributed by atoms with Crippen LogP contribution in [0.15, 0.2) is 36.4 Å². The molecule has 0 fully saturated rings. The predicted molar refractivity (Wildman–Crippen MR) is 55.0 cm³/mol. The summed E-state index contributed by atoms with van der Waals surface area (Å²) in [6, 6.07) is 8.46. The quantitative estimate of drug-likeness (QED) is 0.574. The van der Waals surface area contributed by atoms with Crippen LogP contribution in [0.5, 0.6) is 0 Å². The molecule has 0 aliphatic carbocycles. The van der Waals surface area contributed by atoms with Crippen LogP contribution in [-0.4, -0.2) is 11.3 Å². The van der Waals surface area contributed by atoms with Gasteiger partial charge in [0.15, 0.2) is 6.29 Å². The van der Waals surface area contributed by atoms with Crippen LogP contribution in [0, 0.1) is 11.8 Å². The molecule has 2 aromatic rings. The molecule has 80 valence electrons. The van der Waals surface area contributed by atoms with E-state index in [-0.39, 0.29) is 5.56 Å². The monoisotopic (exact) mass is 219 g/mol. The average molecular weight is 219 g/mol. The molecule has 1 heterocycles. The van der Waals surface area contributed by atoms with Crippen molar-refractivity contribution in [3.05, 3.63) is 53.7 Å². The zero-order valence-corrected chi connectivity index (χ0v) is 8.15. The van der Waals surface area contributed by atoms with Gasteiger partial charge < -0.3 is 0 Å². The molecular weight excluding hydrogens is 212 g/mol. The van der Waals surface area contributed by atoms with Crippen molar-refractivity contribution in [2.75, 3.05) is 0 Å². The molecular formula is C12H7F2NO. The van der Waals surface area contributed by atoms with Crippen LogP contribution in [0.3, 0.4) is 0 Å². The van der Waals surface area contributed by atoms with E-state index in [1.807, 2.05) is 0 Å². The summed E-state index contributed by atoms with van der Waals surface area (Å²) in [6.45, 7) is 0. The molecule has 0 bridgehead atoms. The molecule has 0 N–H and O–H groups in total. The van der Waals surface area contributed by atoms with Crippen molar-refractivity contribution in [3.63, 3.8) is 0 Å². The van der Waals surface area contributed by atoms with Gasteiger partial charge in [0.1, 0.15) is 5.82 Å². The minimum atomic E-state index is -0.850. The zero-order chi connectivity index (χ0) is 11.5. The average Bonchev–Trinajstić information content (AvgIpc) is 2.29. The third-order valence-corrected chi connectivity index (χ3v) is 2.12. The summed E-state index contributed by atoms with van der Waals surface area (Å²) < 4.78 is 26.1. The third kappa shape index (κ3) is 1.95. The Balaban J connectivity index is 2.49. The number of carbonyl (C=O) groups is 1. The Bertz CT molecular complexity index is 540. The second-order valence-electron chi connectivity index (χ2n) is 3.20. The maximum atomic E-state index is 13.2. The molecule has 0 saturated carbocycles. The summed E-state index contributed by atoms with van der Waals surface area (Å²) in [6.07, 6.45) is 0.387. The molecule has 2 rings (SSSR count). The lowest BCUT2D eigenvalue weighted by atomic mass is 10.1. The molecule has 0 spiro atoms. The molecule has 0 amide bonds. The lowest BCUT2D eigenvalue weighted by Gasteiger charge is -2.01. The van der Waals surface area contributed by atoms with Gasteiger partial charge in [-0.1, -0.05) is 12.1 Å². The van der Waals surface area contributed by atoms with Gasteiger partial charge in [0.2, 0.25) is 5.95 Å². The van der Waals surface area contributed by atoms with Crippen LogP contribution in [0.1, 0.15) is 10.4 Å². The molecule has 0 aliphatic heterocycles. The van der Waals surface area contributed by atoms with Gasteiger partial charge in [0.05, 0.1) is 11.3 Å². The second kappa shape index (κ2) is 4.18. The summed E-state index contributed by atoms with van der Waals surface area (Å²) in [5, 5.41) is 0. The number of aldehydes is 1. The highest BCUT2D eigenvalue weighted by Crippen LogP contribution is 2.18. The van der Waals surface area contributed by atoms with Crippen LogP contribution in [0.25, 0.3) is 11.3 Å². The number of aromatic nitrogens is 1. The summed E-state index contributed by atoms with van der Waals surface area (Å²) in [5.41, 5.74) is 0.652. The second-order valence-corrected chi connectivity index (χ2v) is 3.20. The molecule has 16 heavy (non-hydrogen) atoms. The Morgan fingerprint density at radius 3 is 2.56 bits per heavy atom. The molecule has 1 aromatic carbocycles. The number of hydrogen-bond acceptors (Lipinski definition) is 2. The molecule has 4 heteroatoms. The maximum Gasteiger partial charge on any atom is 0.224 e. The number of benzene rings is 1. The van der Waals surface area contributed by atoms with E-state index in [2.05, 4.69) is 4.98 Å². The number of carbonyl (C=O) groups excluding carboxylic acids is 1. The first-order valence-corrected chi connectivity index (χ1v) is 4.58.